The van der Waals surface area contributed by atoms with Gasteiger partial charge < -0.3 is 20.1 Å². The highest BCUT2D eigenvalue weighted by molar-refractivity contribution is 6.21. The van der Waals surface area contributed by atoms with Crippen LogP contribution in [0.25, 0.3) is 32.7 Å². The highest BCUT2D eigenvalue weighted by Crippen LogP contribution is 2.36. The molecule has 3 heterocycles. The number of H-pyrrole nitrogens is 1. The molecule has 29 heavy (non-hydrogen) atoms. The van der Waals surface area contributed by atoms with E-state index in [1.165, 1.54) is 0 Å². The van der Waals surface area contributed by atoms with Crippen molar-refractivity contribution in [2.24, 2.45) is 0 Å². The minimum absolute atomic E-state index is 0.199. The Morgan fingerprint density at radius 1 is 1.10 bits per heavy atom. The Morgan fingerprint density at radius 2 is 2.00 bits per heavy atom. The summed E-state index contributed by atoms with van der Waals surface area (Å²) in [5, 5.41) is 16.2. The molecule has 5 rings (SSSR count). The third kappa shape index (κ3) is 2.80. The average Bonchev–Trinajstić information content (AvgIpc) is 3.12. The number of aromatic carboxylic acids is 1. The summed E-state index contributed by atoms with van der Waals surface area (Å²) in [5.41, 5.74) is 2.61. The smallest absolute Gasteiger partial charge is 0.335 e. The number of hydrogen-bond donors (Lipinski definition) is 3. The lowest BCUT2D eigenvalue weighted by Gasteiger charge is -2.12. The number of benzene rings is 2. The molecule has 0 aliphatic rings. The second-order valence-electron chi connectivity index (χ2n) is 6.65. The molecule has 0 unspecified atom stereocenters. The number of rotatable bonds is 4. The number of nitrogens with one attached hydrogen (secondary N) is 2. The molecule has 0 saturated heterocycles. The lowest BCUT2D eigenvalue weighted by molar-refractivity contribution is 0.0697. The third-order valence-corrected chi connectivity index (χ3v) is 4.93. The average molecular weight is 384 g/mol. The largest absolute Gasteiger partial charge is 0.497 e. The lowest BCUT2D eigenvalue weighted by atomic mass is 10.0. The number of ether oxygens (including phenoxy) is 1. The summed E-state index contributed by atoms with van der Waals surface area (Å²) < 4.78 is 5.29. The highest BCUT2D eigenvalue weighted by Gasteiger charge is 2.16. The predicted molar refractivity (Wildman–Crippen MR) is 112 cm³/mol. The van der Waals surface area contributed by atoms with Crippen molar-refractivity contribution in [3.63, 3.8) is 0 Å². The molecule has 0 aliphatic heterocycles. The SMILES string of the molecule is COc1cccc(Nc2nc3[nH]c4ccncc4c3c3ccc(C(=O)O)cc23)c1. The van der Waals surface area contributed by atoms with Crippen LogP contribution < -0.4 is 10.1 Å². The quantitative estimate of drug-likeness (QED) is 0.415. The molecule has 0 bridgehead atoms. The van der Waals surface area contributed by atoms with Crippen LogP contribution >= 0.6 is 0 Å². The summed E-state index contributed by atoms with van der Waals surface area (Å²) in [4.78, 5) is 23.9. The molecule has 7 heteroatoms. The Labute approximate surface area is 165 Å². The van der Waals surface area contributed by atoms with Crippen molar-refractivity contribution >= 4 is 50.2 Å². The van der Waals surface area contributed by atoms with Gasteiger partial charge in [0.15, 0.2) is 0 Å². The maximum atomic E-state index is 11.6. The van der Waals surface area contributed by atoms with Gasteiger partial charge >= 0.3 is 5.97 Å². The first kappa shape index (κ1) is 17.0. The molecule has 7 nitrogen and oxygen atoms in total. The van der Waals surface area contributed by atoms with E-state index in [0.717, 1.165) is 27.4 Å². The maximum Gasteiger partial charge on any atom is 0.335 e. The van der Waals surface area contributed by atoms with Gasteiger partial charge in [-0.3, -0.25) is 4.98 Å². The summed E-state index contributed by atoms with van der Waals surface area (Å²) in [6, 6.07) is 14.4. The van der Waals surface area contributed by atoms with Crippen molar-refractivity contribution in [1.82, 2.24) is 15.0 Å². The highest BCUT2D eigenvalue weighted by atomic mass is 16.5. The number of methoxy groups -OCH3 is 1. The van der Waals surface area contributed by atoms with E-state index in [2.05, 4.69) is 15.3 Å². The van der Waals surface area contributed by atoms with Crippen molar-refractivity contribution in [3.05, 3.63) is 66.5 Å². The molecular weight excluding hydrogens is 368 g/mol. The summed E-state index contributed by atoms with van der Waals surface area (Å²) in [6.45, 7) is 0. The first-order valence-electron chi connectivity index (χ1n) is 8.97. The van der Waals surface area contributed by atoms with E-state index in [-0.39, 0.29) is 5.56 Å². The standard InChI is InChI=1S/C22H16N4O3/c1-29-14-4-2-3-13(10-14)24-20-16-9-12(22(27)28)5-6-15(16)19-17-11-23-8-7-18(17)25-21(19)26-20/h2-11H,1H3,(H,27,28)(H2,24,25,26). The van der Waals surface area contributed by atoms with Crippen molar-refractivity contribution < 1.29 is 14.6 Å². The van der Waals surface area contributed by atoms with Gasteiger partial charge in [-0.15, -0.1) is 0 Å². The fraction of sp³-hybridized carbons (Fsp3) is 0.0455. The van der Waals surface area contributed by atoms with Gasteiger partial charge in [-0.2, -0.15) is 0 Å². The number of hydrogen-bond acceptors (Lipinski definition) is 5. The van der Waals surface area contributed by atoms with Crippen LogP contribution in [-0.2, 0) is 0 Å². The molecule has 142 valence electrons. The van der Waals surface area contributed by atoms with Crippen LogP contribution in [0.3, 0.4) is 0 Å². The zero-order valence-corrected chi connectivity index (χ0v) is 15.4. The topological polar surface area (TPSA) is 100 Å². The fourth-order valence-corrected chi connectivity index (χ4v) is 3.57. The molecule has 5 aromatic rings. The summed E-state index contributed by atoms with van der Waals surface area (Å²) in [6.07, 6.45) is 3.51. The molecule has 0 saturated carbocycles. The van der Waals surface area contributed by atoms with Gasteiger partial charge in [-0.1, -0.05) is 12.1 Å². The van der Waals surface area contributed by atoms with Gasteiger partial charge in [0.1, 0.15) is 17.2 Å². The molecule has 0 radical (unpaired) electrons. The monoisotopic (exact) mass is 384 g/mol. The fourth-order valence-electron chi connectivity index (χ4n) is 3.57. The van der Waals surface area contributed by atoms with Crippen molar-refractivity contribution in [1.29, 1.82) is 0 Å². The van der Waals surface area contributed by atoms with Crippen molar-refractivity contribution in [2.75, 3.05) is 12.4 Å². The van der Waals surface area contributed by atoms with Gasteiger partial charge in [0.2, 0.25) is 0 Å². The number of pyridine rings is 2. The molecular formula is C22H16N4O3. The van der Waals surface area contributed by atoms with Gasteiger partial charge in [0.05, 0.1) is 18.2 Å². The van der Waals surface area contributed by atoms with Crippen LogP contribution in [0.1, 0.15) is 10.4 Å². The number of aromatic nitrogens is 3. The molecule has 3 N–H and O–H groups in total. The summed E-state index contributed by atoms with van der Waals surface area (Å²) in [7, 11) is 1.61. The second kappa shape index (κ2) is 6.49. The molecule has 0 aliphatic carbocycles. The normalized spacial score (nSPS) is 11.2. The number of fused-ring (bicyclic) bond motifs is 5. The zero-order chi connectivity index (χ0) is 20.0. The molecule has 2 aromatic carbocycles. The lowest BCUT2D eigenvalue weighted by Crippen LogP contribution is -1.99. The number of carboxylic acid groups (broad SMARTS) is 1. The van der Waals surface area contributed by atoms with E-state index in [9.17, 15) is 9.90 Å². The van der Waals surface area contributed by atoms with Gasteiger partial charge in [0, 0.05) is 40.3 Å². The van der Waals surface area contributed by atoms with Crippen molar-refractivity contribution in [2.45, 2.75) is 0 Å². The number of carboxylic acids is 1. The Morgan fingerprint density at radius 3 is 2.83 bits per heavy atom. The van der Waals surface area contributed by atoms with E-state index in [1.807, 2.05) is 36.4 Å². The summed E-state index contributed by atoms with van der Waals surface area (Å²) >= 11 is 0. The Balaban J connectivity index is 1.81. The number of nitrogens with zero attached hydrogens (tertiary/aromatic N) is 2. The van der Waals surface area contributed by atoms with Gasteiger partial charge in [-0.05, 0) is 35.7 Å². The third-order valence-electron chi connectivity index (χ3n) is 4.93. The molecule has 3 aromatic heterocycles. The van der Waals surface area contributed by atoms with Crippen molar-refractivity contribution in [3.8, 4) is 5.75 Å². The van der Waals surface area contributed by atoms with E-state index in [4.69, 9.17) is 9.72 Å². The predicted octanol–water partition coefficient (Wildman–Crippen LogP) is 4.71. The Bertz CT molecular complexity index is 1410. The Kier molecular flexibility index (Phi) is 3.80. The van der Waals surface area contributed by atoms with Crippen LogP contribution in [-0.4, -0.2) is 33.1 Å². The minimum atomic E-state index is -0.986. The maximum absolute atomic E-state index is 11.6. The van der Waals surface area contributed by atoms with E-state index < -0.39 is 5.97 Å². The summed E-state index contributed by atoms with van der Waals surface area (Å²) in [5.74, 6) is 0.284. The molecule has 0 fully saturated rings. The molecule has 0 amide bonds. The van der Waals surface area contributed by atoms with Crippen LogP contribution in [0.4, 0.5) is 11.5 Å². The van der Waals surface area contributed by atoms with Crippen LogP contribution in [0.2, 0.25) is 0 Å². The number of aromatic amines is 1. The second-order valence-corrected chi connectivity index (χ2v) is 6.65. The molecule has 0 atom stereocenters. The number of anilines is 2. The van der Waals surface area contributed by atoms with Crippen LogP contribution in [0.15, 0.2) is 60.9 Å². The van der Waals surface area contributed by atoms with Gasteiger partial charge in [0.25, 0.3) is 0 Å². The first-order valence-corrected chi connectivity index (χ1v) is 8.97. The zero-order valence-electron chi connectivity index (χ0n) is 15.4. The van der Waals surface area contributed by atoms with Crippen LogP contribution in [0.5, 0.6) is 5.75 Å². The minimum Gasteiger partial charge on any atom is -0.497 e. The van der Waals surface area contributed by atoms with Crippen LogP contribution in [0, 0.1) is 0 Å². The number of carbonyl (C=O) groups is 1. The van der Waals surface area contributed by atoms with Gasteiger partial charge in [-0.25, -0.2) is 9.78 Å². The van der Waals surface area contributed by atoms with E-state index >= 15 is 0 Å². The Hall–Kier alpha value is -4.13. The first-order chi connectivity index (χ1) is 14.1. The molecule has 0 spiro atoms. The van der Waals surface area contributed by atoms with E-state index in [1.54, 1.807) is 31.6 Å². The van der Waals surface area contributed by atoms with E-state index in [0.29, 0.717) is 22.6 Å².